The molecule has 0 amide bonds. The van der Waals surface area contributed by atoms with Crippen molar-refractivity contribution in [3.8, 4) is 11.5 Å². The molecule has 0 bridgehead atoms. The van der Waals surface area contributed by atoms with Gasteiger partial charge in [0.15, 0.2) is 0 Å². The second-order valence-corrected chi connectivity index (χ2v) is 7.30. The van der Waals surface area contributed by atoms with Gasteiger partial charge in [0.05, 0.1) is 40.1 Å². The Hall–Kier alpha value is -2.16. The van der Waals surface area contributed by atoms with Gasteiger partial charge in [0, 0.05) is 0 Å². The summed E-state index contributed by atoms with van der Waals surface area (Å²) in [6.07, 6.45) is -3.23. The van der Waals surface area contributed by atoms with Gasteiger partial charge in [-0.15, -0.1) is 0 Å². The molecule has 1 heterocycles. The summed E-state index contributed by atoms with van der Waals surface area (Å²) in [5.41, 5.74) is 1.91. The second-order valence-electron chi connectivity index (χ2n) is 7.30. The molecule has 0 spiro atoms. The zero-order valence-electron chi connectivity index (χ0n) is 17.6. The Morgan fingerprint density at radius 2 is 1.27 bits per heavy atom. The molecule has 1 aliphatic heterocycles. The van der Waals surface area contributed by atoms with Crippen LogP contribution in [0.15, 0.2) is 48.5 Å². The number of methoxy groups -OCH3 is 2. The summed E-state index contributed by atoms with van der Waals surface area (Å²) in [5.74, 6) is 1.54. The van der Waals surface area contributed by atoms with Crippen molar-refractivity contribution in [1.29, 1.82) is 0 Å². The molecule has 0 radical (unpaired) electrons. The molecule has 1 aliphatic rings. The predicted octanol–water partition coefficient (Wildman–Crippen LogP) is 2.31. The lowest BCUT2D eigenvalue weighted by Crippen LogP contribution is -2.59. The van der Waals surface area contributed by atoms with Crippen molar-refractivity contribution < 1.29 is 33.9 Å². The van der Waals surface area contributed by atoms with Gasteiger partial charge in [-0.2, -0.15) is 0 Å². The van der Waals surface area contributed by atoms with E-state index in [1.54, 1.807) is 14.2 Å². The molecule has 7 heteroatoms. The highest BCUT2D eigenvalue weighted by Crippen LogP contribution is 2.28. The number of aliphatic hydroxyl groups excluding tert-OH is 2. The molecule has 1 fully saturated rings. The Balaban J connectivity index is 1.68. The summed E-state index contributed by atoms with van der Waals surface area (Å²) >= 11 is 0. The van der Waals surface area contributed by atoms with Crippen molar-refractivity contribution in [3.63, 3.8) is 0 Å². The zero-order chi connectivity index (χ0) is 21.5. The number of ether oxygens (including phenoxy) is 5. The number of hydrogen-bond donors (Lipinski definition) is 2. The van der Waals surface area contributed by atoms with Gasteiger partial charge in [-0.05, 0) is 42.3 Å². The van der Waals surface area contributed by atoms with Crippen LogP contribution in [0, 0.1) is 0 Å². The fraction of sp³-hybridized carbons (Fsp3) is 0.478. The third-order valence-corrected chi connectivity index (χ3v) is 5.28. The van der Waals surface area contributed by atoms with Gasteiger partial charge in [0.2, 0.25) is 0 Å². The van der Waals surface area contributed by atoms with Crippen LogP contribution in [0.25, 0.3) is 0 Å². The number of hydrogen-bond acceptors (Lipinski definition) is 7. The third-order valence-electron chi connectivity index (χ3n) is 5.28. The van der Waals surface area contributed by atoms with Crippen molar-refractivity contribution in [3.05, 3.63) is 59.7 Å². The van der Waals surface area contributed by atoms with E-state index in [0.717, 1.165) is 22.6 Å². The maximum Gasteiger partial charge on any atom is 0.118 e. The van der Waals surface area contributed by atoms with Crippen molar-refractivity contribution >= 4 is 0 Å². The van der Waals surface area contributed by atoms with Crippen LogP contribution in [0.5, 0.6) is 11.5 Å². The minimum absolute atomic E-state index is 0.291. The van der Waals surface area contributed by atoms with Crippen LogP contribution in [0.2, 0.25) is 0 Å². The predicted molar refractivity (Wildman–Crippen MR) is 111 cm³/mol. The Bertz CT molecular complexity index is 762. The summed E-state index contributed by atoms with van der Waals surface area (Å²) in [6.45, 7) is 2.19. The molecule has 2 unspecified atom stereocenters. The van der Waals surface area contributed by atoms with Crippen LogP contribution in [0.4, 0.5) is 0 Å². The SMILES string of the molecule is COc1ccc(COC2[C@H](C)OC(CO)[C@H](O)[C@@H]2OCc2ccc(OC)cc2)cc1. The summed E-state index contributed by atoms with van der Waals surface area (Å²) in [5, 5.41) is 20.3. The molecule has 0 saturated carbocycles. The zero-order valence-corrected chi connectivity index (χ0v) is 17.6. The van der Waals surface area contributed by atoms with Crippen LogP contribution in [-0.2, 0) is 27.4 Å². The molecule has 5 atom stereocenters. The summed E-state index contributed by atoms with van der Waals surface area (Å²) in [7, 11) is 3.24. The van der Waals surface area contributed by atoms with E-state index in [2.05, 4.69) is 0 Å². The van der Waals surface area contributed by atoms with E-state index in [-0.39, 0.29) is 12.7 Å². The molecule has 1 saturated heterocycles. The molecule has 7 nitrogen and oxygen atoms in total. The van der Waals surface area contributed by atoms with Gasteiger partial charge in [-0.1, -0.05) is 24.3 Å². The minimum Gasteiger partial charge on any atom is -0.497 e. The van der Waals surface area contributed by atoms with E-state index in [0.29, 0.717) is 13.2 Å². The average Bonchev–Trinajstić information content (AvgIpc) is 2.79. The first kappa shape index (κ1) is 22.5. The monoisotopic (exact) mass is 418 g/mol. The maximum absolute atomic E-state index is 10.7. The molecule has 164 valence electrons. The van der Waals surface area contributed by atoms with E-state index in [4.69, 9.17) is 23.7 Å². The van der Waals surface area contributed by atoms with Gasteiger partial charge in [-0.25, -0.2) is 0 Å². The lowest BCUT2D eigenvalue weighted by Gasteiger charge is -2.43. The van der Waals surface area contributed by atoms with Gasteiger partial charge in [0.1, 0.15) is 35.9 Å². The molecule has 2 aromatic carbocycles. The van der Waals surface area contributed by atoms with E-state index in [9.17, 15) is 10.2 Å². The average molecular weight is 418 g/mol. The fourth-order valence-electron chi connectivity index (χ4n) is 3.51. The highest BCUT2D eigenvalue weighted by Gasteiger charge is 2.44. The third kappa shape index (κ3) is 5.50. The molecule has 30 heavy (non-hydrogen) atoms. The van der Waals surface area contributed by atoms with Crippen LogP contribution < -0.4 is 9.47 Å². The molecule has 0 aliphatic carbocycles. The van der Waals surface area contributed by atoms with Crippen molar-refractivity contribution in [1.82, 2.24) is 0 Å². The first-order chi connectivity index (χ1) is 14.5. The van der Waals surface area contributed by atoms with Gasteiger partial charge < -0.3 is 33.9 Å². The molecule has 0 aromatic heterocycles. The lowest BCUT2D eigenvalue weighted by atomic mass is 9.95. The lowest BCUT2D eigenvalue weighted by molar-refractivity contribution is -0.253. The van der Waals surface area contributed by atoms with Gasteiger partial charge in [0.25, 0.3) is 0 Å². The number of aliphatic hydroxyl groups is 2. The summed E-state index contributed by atoms with van der Waals surface area (Å²) in [4.78, 5) is 0. The van der Waals surface area contributed by atoms with E-state index in [1.165, 1.54) is 0 Å². The smallest absolute Gasteiger partial charge is 0.118 e. The first-order valence-corrected chi connectivity index (χ1v) is 9.99. The standard InChI is InChI=1S/C23H30O7/c1-15-22(28-13-16-4-8-18(26-2)9-5-16)23(21(25)20(12-24)30-15)29-14-17-6-10-19(27-3)11-7-17/h4-11,15,20-25H,12-14H2,1-3H3/t15-,20?,21-,22?,23-/m0/s1. The number of benzene rings is 2. The van der Waals surface area contributed by atoms with Crippen molar-refractivity contribution in [2.75, 3.05) is 20.8 Å². The van der Waals surface area contributed by atoms with Crippen LogP contribution >= 0.6 is 0 Å². The molecule has 2 N–H and O–H groups in total. The summed E-state index contributed by atoms with van der Waals surface area (Å²) < 4.78 is 28.3. The van der Waals surface area contributed by atoms with E-state index >= 15 is 0 Å². The highest BCUT2D eigenvalue weighted by atomic mass is 16.6. The normalized spacial score (nSPS) is 26.4. The Labute approximate surface area is 177 Å². The Morgan fingerprint density at radius 3 is 1.70 bits per heavy atom. The molecule has 2 aromatic rings. The molecular weight excluding hydrogens is 388 g/mol. The summed E-state index contributed by atoms with van der Waals surface area (Å²) in [6, 6.07) is 15.1. The topological polar surface area (TPSA) is 86.6 Å². The van der Waals surface area contributed by atoms with Crippen molar-refractivity contribution in [2.45, 2.75) is 50.7 Å². The first-order valence-electron chi connectivity index (χ1n) is 9.99. The maximum atomic E-state index is 10.7. The quantitative estimate of drug-likeness (QED) is 0.646. The molecule has 3 rings (SSSR count). The Kier molecular flexibility index (Phi) is 8.07. The highest BCUT2D eigenvalue weighted by molar-refractivity contribution is 5.27. The minimum atomic E-state index is -1.01. The van der Waals surface area contributed by atoms with Crippen molar-refractivity contribution in [2.24, 2.45) is 0 Å². The Morgan fingerprint density at radius 1 is 0.800 bits per heavy atom. The van der Waals surface area contributed by atoms with Crippen LogP contribution in [0.1, 0.15) is 18.1 Å². The van der Waals surface area contributed by atoms with E-state index < -0.39 is 24.4 Å². The fourth-order valence-corrected chi connectivity index (χ4v) is 3.51. The van der Waals surface area contributed by atoms with Crippen LogP contribution in [0.3, 0.4) is 0 Å². The largest absolute Gasteiger partial charge is 0.497 e. The number of rotatable bonds is 9. The van der Waals surface area contributed by atoms with Crippen LogP contribution in [-0.4, -0.2) is 61.6 Å². The van der Waals surface area contributed by atoms with E-state index in [1.807, 2.05) is 55.5 Å². The molecular formula is C23H30O7. The van der Waals surface area contributed by atoms with Gasteiger partial charge in [-0.3, -0.25) is 0 Å². The second kappa shape index (κ2) is 10.7. The van der Waals surface area contributed by atoms with Gasteiger partial charge >= 0.3 is 0 Å².